The van der Waals surface area contributed by atoms with Gasteiger partial charge >= 0.3 is 0 Å². The Morgan fingerprint density at radius 3 is 2.69 bits per heavy atom. The van der Waals surface area contributed by atoms with Crippen molar-refractivity contribution in [3.63, 3.8) is 0 Å². The molecule has 2 aromatic carbocycles. The fourth-order valence-electron chi connectivity index (χ4n) is 3.10. The van der Waals surface area contributed by atoms with Crippen LogP contribution in [0.25, 0.3) is 17.5 Å². The van der Waals surface area contributed by atoms with Gasteiger partial charge in [0.15, 0.2) is 5.82 Å². The molecule has 0 fully saturated rings. The number of benzene rings is 2. The maximum atomic E-state index is 6.11. The molecule has 1 aromatic heterocycles. The third-order valence-electron chi connectivity index (χ3n) is 4.94. The van der Waals surface area contributed by atoms with Crippen LogP contribution in [0.2, 0.25) is 0 Å². The van der Waals surface area contributed by atoms with E-state index in [0.717, 1.165) is 35.7 Å². The van der Waals surface area contributed by atoms with E-state index in [1.807, 2.05) is 22.9 Å². The summed E-state index contributed by atoms with van der Waals surface area (Å²) in [6.07, 6.45) is 3.07. The molecule has 1 aliphatic rings. The summed E-state index contributed by atoms with van der Waals surface area (Å²) < 4.78 is 7.97. The fourth-order valence-corrected chi connectivity index (χ4v) is 3.10. The summed E-state index contributed by atoms with van der Waals surface area (Å²) in [5, 5.41) is 12.3. The number of nitrogens with zero attached hydrogens (tertiary/aromatic N) is 4. The summed E-state index contributed by atoms with van der Waals surface area (Å²) in [4.78, 5) is 0. The maximum Gasteiger partial charge on any atom is 0.182 e. The van der Waals surface area contributed by atoms with Crippen molar-refractivity contribution in [2.45, 2.75) is 39.3 Å². The van der Waals surface area contributed by atoms with Crippen LogP contribution in [-0.4, -0.2) is 25.8 Å². The molecule has 5 nitrogen and oxygen atoms in total. The highest BCUT2D eigenvalue weighted by Gasteiger charge is 2.27. The fraction of sp³-hybridized carbons (Fsp3) is 0.286. The SMILES string of the molecule is CC1=Cc2cc(-c3nnnn3CCc3ccccc3)ccc2OC1(C)C. The molecule has 0 unspecified atom stereocenters. The van der Waals surface area contributed by atoms with Crippen LogP contribution in [0.3, 0.4) is 0 Å². The Balaban J connectivity index is 1.61. The Labute approximate surface area is 153 Å². The van der Waals surface area contributed by atoms with Crippen molar-refractivity contribution in [2.24, 2.45) is 0 Å². The Hall–Kier alpha value is -2.95. The number of aromatic nitrogens is 4. The first-order valence-electron chi connectivity index (χ1n) is 8.85. The number of ether oxygens (including phenoxy) is 1. The van der Waals surface area contributed by atoms with Crippen LogP contribution in [0.15, 0.2) is 54.1 Å². The minimum absolute atomic E-state index is 0.272. The first kappa shape index (κ1) is 16.5. The van der Waals surface area contributed by atoms with E-state index >= 15 is 0 Å². The quantitative estimate of drug-likeness (QED) is 0.712. The Morgan fingerprint density at radius 1 is 1.08 bits per heavy atom. The molecule has 0 saturated heterocycles. The third kappa shape index (κ3) is 3.12. The zero-order valence-corrected chi connectivity index (χ0v) is 15.3. The van der Waals surface area contributed by atoms with Crippen molar-refractivity contribution < 1.29 is 4.74 Å². The Bertz CT molecular complexity index is 957. The van der Waals surface area contributed by atoms with E-state index in [0.29, 0.717) is 0 Å². The molecular weight excluding hydrogens is 324 g/mol. The largest absolute Gasteiger partial charge is 0.483 e. The number of hydrogen-bond acceptors (Lipinski definition) is 4. The molecular formula is C21H22N4O. The molecule has 0 saturated carbocycles. The summed E-state index contributed by atoms with van der Waals surface area (Å²) >= 11 is 0. The van der Waals surface area contributed by atoms with Gasteiger partial charge in [-0.1, -0.05) is 30.3 Å². The summed E-state index contributed by atoms with van der Waals surface area (Å²) in [6, 6.07) is 16.5. The van der Waals surface area contributed by atoms with Gasteiger partial charge in [0.25, 0.3) is 0 Å². The van der Waals surface area contributed by atoms with Gasteiger partial charge in [-0.05, 0) is 73.0 Å². The minimum Gasteiger partial charge on any atom is -0.483 e. The van der Waals surface area contributed by atoms with E-state index < -0.39 is 0 Å². The van der Waals surface area contributed by atoms with E-state index in [1.165, 1.54) is 11.1 Å². The van der Waals surface area contributed by atoms with Gasteiger partial charge in [-0.2, -0.15) is 0 Å². The Morgan fingerprint density at radius 2 is 1.88 bits per heavy atom. The monoisotopic (exact) mass is 346 g/mol. The lowest BCUT2D eigenvalue weighted by Gasteiger charge is -2.32. The molecule has 0 N–H and O–H groups in total. The van der Waals surface area contributed by atoms with Crippen molar-refractivity contribution in [2.75, 3.05) is 0 Å². The van der Waals surface area contributed by atoms with Crippen molar-refractivity contribution in [1.82, 2.24) is 20.2 Å². The third-order valence-corrected chi connectivity index (χ3v) is 4.94. The second-order valence-electron chi connectivity index (χ2n) is 7.15. The lowest BCUT2D eigenvalue weighted by molar-refractivity contribution is 0.145. The Kier molecular flexibility index (Phi) is 4.07. The van der Waals surface area contributed by atoms with Gasteiger partial charge in [-0.15, -0.1) is 5.10 Å². The zero-order valence-electron chi connectivity index (χ0n) is 15.3. The van der Waals surface area contributed by atoms with Crippen LogP contribution in [0.4, 0.5) is 0 Å². The van der Waals surface area contributed by atoms with E-state index in [4.69, 9.17) is 4.74 Å². The van der Waals surface area contributed by atoms with Crippen molar-refractivity contribution in [3.05, 3.63) is 65.2 Å². The molecule has 0 amide bonds. The molecule has 132 valence electrons. The minimum atomic E-state index is -0.272. The molecule has 1 aliphatic heterocycles. The second-order valence-corrected chi connectivity index (χ2v) is 7.15. The lowest BCUT2D eigenvalue weighted by Crippen LogP contribution is -2.31. The summed E-state index contributed by atoms with van der Waals surface area (Å²) in [6.45, 7) is 7.00. The normalized spacial score (nSPS) is 15.1. The van der Waals surface area contributed by atoms with Gasteiger partial charge in [0.05, 0.1) is 0 Å². The first-order valence-corrected chi connectivity index (χ1v) is 8.85. The maximum absolute atomic E-state index is 6.11. The van der Waals surface area contributed by atoms with Gasteiger partial charge in [0, 0.05) is 17.7 Å². The smallest absolute Gasteiger partial charge is 0.182 e. The number of rotatable bonds is 4. The molecule has 3 aromatic rings. The predicted octanol–water partition coefficient (Wildman–Crippen LogP) is 4.16. The van der Waals surface area contributed by atoms with Crippen LogP contribution in [0, 0.1) is 0 Å². The average Bonchev–Trinajstić information content (AvgIpc) is 3.10. The van der Waals surface area contributed by atoms with E-state index in [1.54, 1.807) is 0 Å². The van der Waals surface area contributed by atoms with Gasteiger partial charge in [0.2, 0.25) is 0 Å². The van der Waals surface area contributed by atoms with Crippen LogP contribution >= 0.6 is 0 Å². The van der Waals surface area contributed by atoms with Crippen molar-refractivity contribution in [3.8, 4) is 17.1 Å². The first-order chi connectivity index (χ1) is 12.5. The van der Waals surface area contributed by atoms with Crippen LogP contribution < -0.4 is 4.74 Å². The van der Waals surface area contributed by atoms with Crippen LogP contribution in [-0.2, 0) is 13.0 Å². The second kappa shape index (κ2) is 6.41. The molecule has 26 heavy (non-hydrogen) atoms. The van der Waals surface area contributed by atoms with Crippen LogP contribution in [0.5, 0.6) is 5.75 Å². The zero-order chi connectivity index (χ0) is 18.1. The van der Waals surface area contributed by atoms with E-state index in [-0.39, 0.29) is 5.60 Å². The van der Waals surface area contributed by atoms with Gasteiger partial charge in [-0.3, -0.25) is 0 Å². The molecule has 0 spiro atoms. The molecule has 0 atom stereocenters. The van der Waals surface area contributed by atoms with E-state index in [2.05, 4.69) is 72.7 Å². The molecule has 2 heterocycles. The van der Waals surface area contributed by atoms with E-state index in [9.17, 15) is 0 Å². The number of fused-ring (bicyclic) bond motifs is 1. The van der Waals surface area contributed by atoms with Crippen LogP contribution in [0.1, 0.15) is 31.9 Å². The lowest BCUT2D eigenvalue weighted by atomic mass is 9.93. The highest BCUT2D eigenvalue weighted by atomic mass is 16.5. The summed E-state index contributed by atoms with van der Waals surface area (Å²) in [5.74, 6) is 1.67. The van der Waals surface area contributed by atoms with Gasteiger partial charge in [0.1, 0.15) is 11.4 Å². The van der Waals surface area contributed by atoms with Gasteiger partial charge in [-0.25, -0.2) is 4.68 Å². The summed E-state index contributed by atoms with van der Waals surface area (Å²) in [5.41, 5.74) is 4.26. The molecule has 0 aliphatic carbocycles. The summed E-state index contributed by atoms with van der Waals surface area (Å²) in [7, 11) is 0. The topological polar surface area (TPSA) is 52.8 Å². The number of aryl methyl sites for hydroxylation is 2. The molecule has 0 radical (unpaired) electrons. The number of tetrazole rings is 1. The number of hydrogen-bond donors (Lipinski definition) is 0. The van der Waals surface area contributed by atoms with Gasteiger partial charge < -0.3 is 4.74 Å². The highest BCUT2D eigenvalue weighted by molar-refractivity contribution is 5.70. The average molecular weight is 346 g/mol. The molecule has 4 rings (SSSR count). The van der Waals surface area contributed by atoms with Crippen molar-refractivity contribution >= 4 is 6.08 Å². The van der Waals surface area contributed by atoms with Crippen molar-refractivity contribution in [1.29, 1.82) is 0 Å². The molecule has 5 heteroatoms. The standard InChI is InChI=1S/C21H22N4O/c1-15-13-18-14-17(9-10-19(18)26-21(15,2)3)20-22-23-24-25(20)12-11-16-7-5-4-6-8-16/h4-10,13-14H,11-12H2,1-3H3. The molecule has 0 bridgehead atoms. The highest BCUT2D eigenvalue weighted by Crippen LogP contribution is 2.37. The predicted molar refractivity (Wildman–Crippen MR) is 102 cm³/mol.